The molecule has 0 radical (unpaired) electrons. The second-order valence-electron chi connectivity index (χ2n) is 5.31. The summed E-state index contributed by atoms with van der Waals surface area (Å²) in [5.41, 5.74) is -0.990. The van der Waals surface area contributed by atoms with Crippen molar-refractivity contribution in [2.75, 3.05) is 17.7 Å². The number of rotatable bonds is 4. The van der Waals surface area contributed by atoms with Crippen molar-refractivity contribution in [3.63, 3.8) is 0 Å². The molecule has 3 nitrogen and oxygen atoms in total. The summed E-state index contributed by atoms with van der Waals surface area (Å²) in [5.74, 6) is 0.508. The van der Waals surface area contributed by atoms with E-state index in [-0.39, 0.29) is 11.4 Å². The highest BCUT2D eigenvalue weighted by Gasteiger charge is 2.34. The third-order valence-electron chi connectivity index (χ3n) is 3.77. The smallest absolute Gasteiger partial charge is 0.354 e. The van der Waals surface area contributed by atoms with Crippen LogP contribution in [0.25, 0.3) is 0 Å². The van der Waals surface area contributed by atoms with E-state index in [4.69, 9.17) is 11.6 Å². The molecule has 20 heavy (non-hydrogen) atoms. The maximum atomic E-state index is 12.6. The molecule has 2 rings (SSSR count). The fraction of sp³-hybridized carbons (Fsp3) is 0.692. The zero-order valence-electron chi connectivity index (χ0n) is 11.0. The minimum Gasteiger partial charge on any atom is -0.354 e. The molecular weight excluding hydrogens is 291 g/mol. The van der Waals surface area contributed by atoms with Crippen molar-refractivity contribution in [1.82, 2.24) is 9.97 Å². The minimum absolute atomic E-state index is 0.00916. The fourth-order valence-electron chi connectivity index (χ4n) is 2.53. The Morgan fingerprint density at radius 2 is 1.95 bits per heavy atom. The van der Waals surface area contributed by atoms with Gasteiger partial charge in [0.1, 0.15) is 5.69 Å². The molecule has 1 aromatic rings. The summed E-state index contributed by atoms with van der Waals surface area (Å²) in [6.07, 6.45) is 2.06. The van der Waals surface area contributed by atoms with Crippen LogP contribution in [0.15, 0.2) is 12.3 Å². The van der Waals surface area contributed by atoms with Gasteiger partial charge in [-0.25, -0.2) is 9.97 Å². The zero-order valence-corrected chi connectivity index (χ0v) is 11.8. The molecule has 112 valence electrons. The first-order valence-electron chi connectivity index (χ1n) is 6.65. The number of alkyl halides is 4. The van der Waals surface area contributed by atoms with Crippen molar-refractivity contribution in [3.05, 3.63) is 18.0 Å². The number of nitrogens with zero attached hydrogens (tertiary/aromatic N) is 2. The molecule has 0 aromatic carbocycles. The molecule has 1 aromatic heterocycles. The van der Waals surface area contributed by atoms with E-state index in [0.29, 0.717) is 12.4 Å². The lowest BCUT2D eigenvalue weighted by Gasteiger charge is -2.35. The summed E-state index contributed by atoms with van der Waals surface area (Å²) in [5, 5.41) is 2.91. The normalized spacial score (nSPS) is 18.8. The van der Waals surface area contributed by atoms with Gasteiger partial charge in [-0.3, -0.25) is 0 Å². The molecule has 0 unspecified atom stereocenters. The lowest BCUT2D eigenvalue weighted by molar-refractivity contribution is -0.141. The predicted octanol–water partition coefficient (Wildman–Crippen LogP) is 4.10. The van der Waals surface area contributed by atoms with Gasteiger partial charge >= 0.3 is 6.18 Å². The van der Waals surface area contributed by atoms with E-state index in [0.717, 1.165) is 37.9 Å². The Balaban J connectivity index is 2.03. The van der Waals surface area contributed by atoms with Crippen LogP contribution in [0.5, 0.6) is 0 Å². The van der Waals surface area contributed by atoms with Gasteiger partial charge in [-0.1, -0.05) is 19.3 Å². The monoisotopic (exact) mass is 307 g/mol. The standard InChI is InChI=1S/C13H17ClF3N3/c14-8-12(5-2-1-3-6-12)9-19-11-18-7-4-10(20-11)13(15,16)17/h4,7H,1-3,5-6,8-9H2,(H,18,19,20). The van der Waals surface area contributed by atoms with E-state index >= 15 is 0 Å². The molecule has 0 spiro atoms. The number of aromatic nitrogens is 2. The summed E-state index contributed by atoms with van der Waals surface area (Å²) in [4.78, 5) is 7.34. The van der Waals surface area contributed by atoms with E-state index in [9.17, 15) is 13.2 Å². The van der Waals surface area contributed by atoms with Crippen LogP contribution in [0.3, 0.4) is 0 Å². The Labute approximate surface area is 120 Å². The Morgan fingerprint density at radius 3 is 2.55 bits per heavy atom. The molecule has 0 aliphatic heterocycles. The molecule has 1 saturated carbocycles. The first-order chi connectivity index (χ1) is 9.45. The van der Waals surface area contributed by atoms with Gasteiger partial charge in [0.15, 0.2) is 0 Å². The van der Waals surface area contributed by atoms with Gasteiger partial charge in [0.05, 0.1) is 0 Å². The lowest BCUT2D eigenvalue weighted by atomic mass is 9.75. The van der Waals surface area contributed by atoms with Crippen LogP contribution >= 0.6 is 11.6 Å². The van der Waals surface area contributed by atoms with Crippen molar-refractivity contribution in [3.8, 4) is 0 Å². The van der Waals surface area contributed by atoms with Gasteiger partial charge in [-0.05, 0) is 18.9 Å². The molecule has 0 saturated heterocycles. The highest BCUT2D eigenvalue weighted by atomic mass is 35.5. The SMILES string of the molecule is FC(F)(F)c1ccnc(NCC2(CCl)CCCCC2)n1. The molecule has 1 aliphatic carbocycles. The second kappa shape index (κ2) is 6.16. The maximum Gasteiger partial charge on any atom is 0.433 e. The number of hydrogen-bond donors (Lipinski definition) is 1. The molecular formula is C13H17ClF3N3. The molecule has 7 heteroatoms. The van der Waals surface area contributed by atoms with Crippen LogP contribution in [0.4, 0.5) is 19.1 Å². The Bertz CT molecular complexity index is 445. The van der Waals surface area contributed by atoms with Crippen LogP contribution in [-0.4, -0.2) is 22.4 Å². The van der Waals surface area contributed by atoms with Gasteiger partial charge in [0.2, 0.25) is 5.95 Å². The largest absolute Gasteiger partial charge is 0.433 e. The molecule has 1 heterocycles. The third kappa shape index (κ3) is 3.75. The Hall–Kier alpha value is -1.04. The second-order valence-corrected chi connectivity index (χ2v) is 5.58. The van der Waals surface area contributed by atoms with Crippen LogP contribution < -0.4 is 5.32 Å². The average molecular weight is 308 g/mol. The van der Waals surface area contributed by atoms with Gasteiger partial charge in [-0.2, -0.15) is 13.2 Å². The van der Waals surface area contributed by atoms with Crippen LogP contribution in [0.1, 0.15) is 37.8 Å². The molecule has 1 fully saturated rings. The van der Waals surface area contributed by atoms with Gasteiger partial charge < -0.3 is 5.32 Å². The topological polar surface area (TPSA) is 37.8 Å². The average Bonchev–Trinajstić information content (AvgIpc) is 2.46. The summed E-state index contributed by atoms with van der Waals surface area (Å²) >= 11 is 6.05. The van der Waals surface area contributed by atoms with Crippen molar-refractivity contribution >= 4 is 17.5 Å². The maximum absolute atomic E-state index is 12.6. The third-order valence-corrected chi connectivity index (χ3v) is 4.33. The Morgan fingerprint density at radius 1 is 1.25 bits per heavy atom. The van der Waals surface area contributed by atoms with Crippen LogP contribution in [0, 0.1) is 5.41 Å². The van der Waals surface area contributed by atoms with Gasteiger partial charge in [0.25, 0.3) is 0 Å². The van der Waals surface area contributed by atoms with Crippen molar-refractivity contribution in [1.29, 1.82) is 0 Å². The first kappa shape index (κ1) is 15.4. The van der Waals surface area contributed by atoms with E-state index in [1.165, 1.54) is 6.42 Å². The highest BCUT2D eigenvalue weighted by molar-refractivity contribution is 6.18. The lowest BCUT2D eigenvalue weighted by Crippen LogP contribution is -2.34. The zero-order chi connectivity index (χ0) is 14.6. The molecule has 1 aliphatic rings. The number of hydrogen-bond acceptors (Lipinski definition) is 3. The Kier molecular flexibility index (Phi) is 4.73. The molecule has 1 N–H and O–H groups in total. The molecule has 0 amide bonds. The molecule has 0 atom stereocenters. The summed E-state index contributed by atoms with van der Waals surface area (Å²) in [6, 6.07) is 0.864. The van der Waals surface area contributed by atoms with Crippen molar-refractivity contribution in [2.45, 2.75) is 38.3 Å². The van der Waals surface area contributed by atoms with Gasteiger partial charge in [-0.15, -0.1) is 11.6 Å². The van der Waals surface area contributed by atoms with E-state index < -0.39 is 11.9 Å². The number of nitrogens with one attached hydrogen (secondary N) is 1. The van der Waals surface area contributed by atoms with E-state index in [1.54, 1.807) is 0 Å². The van der Waals surface area contributed by atoms with E-state index in [2.05, 4.69) is 15.3 Å². The molecule has 0 bridgehead atoms. The van der Waals surface area contributed by atoms with Crippen molar-refractivity contribution < 1.29 is 13.2 Å². The van der Waals surface area contributed by atoms with Crippen LogP contribution in [-0.2, 0) is 6.18 Å². The number of halogens is 4. The summed E-state index contributed by atoms with van der Waals surface area (Å²) in [7, 11) is 0. The highest BCUT2D eigenvalue weighted by Crippen LogP contribution is 2.37. The van der Waals surface area contributed by atoms with Gasteiger partial charge in [0, 0.05) is 24.0 Å². The summed E-state index contributed by atoms with van der Waals surface area (Å²) < 4.78 is 37.7. The van der Waals surface area contributed by atoms with Crippen LogP contribution in [0.2, 0.25) is 0 Å². The van der Waals surface area contributed by atoms with Crippen molar-refractivity contribution in [2.24, 2.45) is 5.41 Å². The number of anilines is 1. The van der Waals surface area contributed by atoms with E-state index in [1.807, 2.05) is 0 Å². The quantitative estimate of drug-likeness (QED) is 0.851. The fourth-order valence-corrected chi connectivity index (χ4v) is 2.89. The predicted molar refractivity (Wildman–Crippen MR) is 71.8 cm³/mol. The first-order valence-corrected chi connectivity index (χ1v) is 7.19. The summed E-state index contributed by atoms with van der Waals surface area (Å²) in [6.45, 7) is 0.512. The minimum atomic E-state index is -4.45.